The minimum atomic E-state index is -0.973. The second-order valence-electron chi connectivity index (χ2n) is 4.47. The number of aliphatic hydroxyl groups is 1. The summed E-state index contributed by atoms with van der Waals surface area (Å²) in [5.74, 6) is -1.30. The van der Waals surface area contributed by atoms with E-state index in [-0.39, 0.29) is 5.56 Å². The number of aliphatic hydroxyl groups excluding tert-OH is 1. The first-order valence-corrected chi connectivity index (χ1v) is 6.93. The summed E-state index contributed by atoms with van der Waals surface area (Å²) in [5, 5.41) is 10.1. The predicted molar refractivity (Wildman–Crippen MR) is 78.9 cm³/mol. The monoisotopic (exact) mass is 374 g/mol. The average Bonchev–Trinajstić information content (AvgIpc) is 2.36. The van der Waals surface area contributed by atoms with Crippen LogP contribution in [-0.4, -0.2) is 5.11 Å². The number of rotatable bonds is 3. The highest BCUT2D eigenvalue weighted by Crippen LogP contribution is 2.24. The van der Waals surface area contributed by atoms with E-state index in [0.29, 0.717) is 12.0 Å². The molecule has 0 fully saturated rings. The molecule has 100 valence electrons. The summed E-state index contributed by atoms with van der Waals surface area (Å²) in [7, 11) is 0. The zero-order valence-corrected chi connectivity index (χ0v) is 12.5. The van der Waals surface area contributed by atoms with E-state index < -0.39 is 17.7 Å². The van der Waals surface area contributed by atoms with Gasteiger partial charge in [-0.15, -0.1) is 0 Å². The molecule has 0 aliphatic rings. The third-order valence-electron chi connectivity index (χ3n) is 2.98. The summed E-state index contributed by atoms with van der Waals surface area (Å²) >= 11 is 2.19. The van der Waals surface area contributed by atoms with Crippen molar-refractivity contribution >= 4 is 22.6 Å². The molecule has 0 bridgehead atoms. The molecule has 0 saturated heterocycles. The highest BCUT2D eigenvalue weighted by Gasteiger charge is 2.15. The summed E-state index contributed by atoms with van der Waals surface area (Å²) in [4.78, 5) is 0. The summed E-state index contributed by atoms with van der Waals surface area (Å²) < 4.78 is 27.9. The van der Waals surface area contributed by atoms with Crippen LogP contribution in [0.5, 0.6) is 0 Å². The Bertz CT molecular complexity index is 581. The van der Waals surface area contributed by atoms with Crippen LogP contribution in [0.2, 0.25) is 0 Å². The van der Waals surface area contributed by atoms with Gasteiger partial charge in [0.05, 0.1) is 6.10 Å². The maximum atomic E-state index is 13.6. The van der Waals surface area contributed by atoms with Gasteiger partial charge in [0.15, 0.2) is 0 Å². The lowest BCUT2D eigenvalue weighted by molar-refractivity contribution is 0.173. The van der Waals surface area contributed by atoms with E-state index >= 15 is 0 Å². The fourth-order valence-electron chi connectivity index (χ4n) is 1.89. The molecule has 0 saturated carbocycles. The topological polar surface area (TPSA) is 20.2 Å². The molecule has 1 nitrogen and oxygen atoms in total. The van der Waals surface area contributed by atoms with Crippen molar-refractivity contribution in [2.75, 3.05) is 0 Å². The molecule has 1 atom stereocenters. The van der Waals surface area contributed by atoms with Gasteiger partial charge in [-0.05, 0) is 58.8 Å². The van der Waals surface area contributed by atoms with Gasteiger partial charge in [-0.3, -0.25) is 0 Å². The Kier molecular flexibility index (Phi) is 4.52. The van der Waals surface area contributed by atoms with Crippen LogP contribution in [0.15, 0.2) is 36.4 Å². The number of hydrogen-bond donors (Lipinski definition) is 1. The van der Waals surface area contributed by atoms with Gasteiger partial charge in [-0.25, -0.2) is 8.78 Å². The van der Waals surface area contributed by atoms with Crippen molar-refractivity contribution < 1.29 is 13.9 Å². The number of halogens is 3. The van der Waals surface area contributed by atoms with Crippen molar-refractivity contribution in [3.05, 3.63) is 68.3 Å². The lowest BCUT2D eigenvalue weighted by atomic mass is 9.99. The van der Waals surface area contributed by atoms with Gasteiger partial charge in [0.2, 0.25) is 0 Å². The first kappa shape index (κ1) is 14.4. The molecule has 0 heterocycles. The van der Waals surface area contributed by atoms with Crippen LogP contribution in [0, 0.1) is 22.1 Å². The Hall–Kier alpha value is -1.01. The molecule has 19 heavy (non-hydrogen) atoms. The van der Waals surface area contributed by atoms with Gasteiger partial charge in [0.1, 0.15) is 11.6 Å². The summed E-state index contributed by atoms with van der Waals surface area (Å²) in [6, 6.07) is 9.81. The van der Waals surface area contributed by atoms with Crippen molar-refractivity contribution in [3.8, 4) is 0 Å². The van der Waals surface area contributed by atoms with Crippen molar-refractivity contribution in [1.82, 2.24) is 0 Å². The maximum absolute atomic E-state index is 13.6. The van der Waals surface area contributed by atoms with Crippen molar-refractivity contribution in [2.24, 2.45) is 0 Å². The SMILES string of the molecule is Cc1cc(C(O)Cc2ccc(I)cc2)c(F)cc1F. The summed E-state index contributed by atoms with van der Waals surface area (Å²) in [6.45, 7) is 1.55. The minimum absolute atomic E-state index is 0.137. The summed E-state index contributed by atoms with van der Waals surface area (Å²) in [6.07, 6.45) is -0.668. The molecule has 4 heteroatoms. The van der Waals surface area contributed by atoms with E-state index in [1.807, 2.05) is 24.3 Å². The van der Waals surface area contributed by atoms with E-state index in [0.717, 1.165) is 15.2 Å². The quantitative estimate of drug-likeness (QED) is 0.801. The van der Waals surface area contributed by atoms with Gasteiger partial charge in [-0.1, -0.05) is 12.1 Å². The normalized spacial score (nSPS) is 12.5. The zero-order chi connectivity index (χ0) is 14.0. The third kappa shape index (κ3) is 3.51. The highest BCUT2D eigenvalue weighted by atomic mass is 127. The van der Waals surface area contributed by atoms with E-state index in [4.69, 9.17) is 0 Å². The first-order valence-electron chi connectivity index (χ1n) is 5.85. The lowest BCUT2D eigenvalue weighted by Gasteiger charge is -2.13. The van der Waals surface area contributed by atoms with Crippen LogP contribution in [0.25, 0.3) is 0 Å². The molecule has 0 amide bonds. The second kappa shape index (κ2) is 5.96. The van der Waals surface area contributed by atoms with Gasteiger partial charge < -0.3 is 5.11 Å². The molecule has 2 aromatic rings. The zero-order valence-electron chi connectivity index (χ0n) is 10.3. The van der Waals surface area contributed by atoms with Crippen molar-refractivity contribution in [3.63, 3.8) is 0 Å². The van der Waals surface area contributed by atoms with E-state index in [1.165, 1.54) is 6.07 Å². The molecule has 1 unspecified atom stereocenters. The van der Waals surface area contributed by atoms with E-state index in [1.54, 1.807) is 6.92 Å². The molecule has 0 aromatic heterocycles. The lowest BCUT2D eigenvalue weighted by Crippen LogP contribution is -2.06. The Morgan fingerprint density at radius 3 is 2.37 bits per heavy atom. The van der Waals surface area contributed by atoms with Gasteiger partial charge in [0.25, 0.3) is 0 Å². The number of benzene rings is 2. The Morgan fingerprint density at radius 1 is 1.11 bits per heavy atom. The predicted octanol–water partition coefficient (Wildman–Crippen LogP) is 4.15. The molecule has 2 rings (SSSR count). The van der Waals surface area contributed by atoms with E-state index in [2.05, 4.69) is 22.6 Å². The van der Waals surface area contributed by atoms with Crippen LogP contribution >= 0.6 is 22.6 Å². The number of aryl methyl sites for hydroxylation is 1. The molecular formula is C15H13F2IO. The smallest absolute Gasteiger partial charge is 0.131 e. The molecule has 1 N–H and O–H groups in total. The van der Waals surface area contributed by atoms with Crippen LogP contribution in [0.4, 0.5) is 8.78 Å². The first-order chi connectivity index (χ1) is 8.97. The highest BCUT2D eigenvalue weighted by molar-refractivity contribution is 14.1. The molecule has 0 radical (unpaired) electrons. The molecule has 0 spiro atoms. The molecule has 2 aromatic carbocycles. The Balaban J connectivity index is 2.22. The van der Waals surface area contributed by atoms with Crippen LogP contribution in [0.3, 0.4) is 0 Å². The van der Waals surface area contributed by atoms with Crippen LogP contribution < -0.4 is 0 Å². The fraction of sp³-hybridized carbons (Fsp3) is 0.200. The molecule has 0 aliphatic carbocycles. The number of hydrogen-bond acceptors (Lipinski definition) is 1. The van der Waals surface area contributed by atoms with Crippen molar-refractivity contribution in [2.45, 2.75) is 19.4 Å². The maximum Gasteiger partial charge on any atom is 0.131 e. The van der Waals surface area contributed by atoms with Crippen molar-refractivity contribution in [1.29, 1.82) is 0 Å². The minimum Gasteiger partial charge on any atom is -0.388 e. The van der Waals surface area contributed by atoms with Crippen LogP contribution in [0.1, 0.15) is 22.8 Å². The fourth-order valence-corrected chi connectivity index (χ4v) is 2.25. The third-order valence-corrected chi connectivity index (χ3v) is 3.70. The van der Waals surface area contributed by atoms with E-state index in [9.17, 15) is 13.9 Å². The largest absolute Gasteiger partial charge is 0.388 e. The molecule has 0 aliphatic heterocycles. The van der Waals surface area contributed by atoms with Crippen LogP contribution in [-0.2, 0) is 6.42 Å². The Morgan fingerprint density at radius 2 is 1.74 bits per heavy atom. The Labute approximate surface area is 124 Å². The second-order valence-corrected chi connectivity index (χ2v) is 5.71. The van der Waals surface area contributed by atoms with Gasteiger partial charge >= 0.3 is 0 Å². The summed E-state index contributed by atoms with van der Waals surface area (Å²) in [5.41, 5.74) is 1.38. The average molecular weight is 374 g/mol. The van der Waals surface area contributed by atoms with Gasteiger partial charge in [0, 0.05) is 21.6 Å². The standard InChI is InChI=1S/C15H13F2IO/c1-9-6-12(14(17)8-13(9)16)15(19)7-10-2-4-11(18)5-3-10/h2-6,8,15,19H,7H2,1H3. The van der Waals surface area contributed by atoms with Gasteiger partial charge in [-0.2, -0.15) is 0 Å². The molecular weight excluding hydrogens is 361 g/mol.